The van der Waals surface area contributed by atoms with Crippen molar-refractivity contribution in [1.29, 1.82) is 0 Å². The van der Waals surface area contributed by atoms with Gasteiger partial charge in [-0.25, -0.2) is 12.7 Å². The number of quaternary nitrogens is 1. The van der Waals surface area contributed by atoms with Gasteiger partial charge in [0.15, 0.2) is 6.54 Å². The molecule has 1 atom stereocenters. The lowest BCUT2D eigenvalue weighted by molar-refractivity contribution is -0.692. The smallest absolute Gasteiger partial charge is 0.279 e. The first-order valence-electron chi connectivity index (χ1n) is 8.92. The molecule has 6 nitrogen and oxygen atoms in total. The van der Waals surface area contributed by atoms with Gasteiger partial charge in [0.05, 0.1) is 4.90 Å². The van der Waals surface area contributed by atoms with Crippen LogP contribution in [0.25, 0.3) is 0 Å². The molecule has 2 aromatic rings. The molecule has 27 heavy (non-hydrogen) atoms. The largest absolute Gasteiger partial charge is 0.332 e. The molecule has 2 rings (SSSR count). The van der Waals surface area contributed by atoms with Crippen LogP contribution in [0, 0.1) is 5.92 Å². The van der Waals surface area contributed by atoms with Gasteiger partial charge in [-0.05, 0) is 18.2 Å². The number of sulfonamides is 1. The van der Waals surface area contributed by atoms with Crippen LogP contribution in [0.4, 0.5) is 5.69 Å². The molecule has 0 aromatic heterocycles. The fourth-order valence-electron chi connectivity index (χ4n) is 2.86. The number of hydrogen-bond donors (Lipinski definition) is 2. The Morgan fingerprint density at radius 1 is 1.07 bits per heavy atom. The van der Waals surface area contributed by atoms with Crippen LogP contribution in [0.15, 0.2) is 59.5 Å². The lowest BCUT2D eigenvalue weighted by atomic mass is 9.96. The summed E-state index contributed by atoms with van der Waals surface area (Å²) in [6.07, 6.45) is 0. The Morgan fingerprint density at radius 2 is 1.74 bits per heavy atom. The van der Waals surface area contributed by atoms with E-state index in [4.69, 9.17) is 0 Å². The minimum Gasteiger partial charge on any atom is -0.332 e. The highest BCUT2D eigenvalue weighted by Crippen LogP contribution is 2.18. The summed E-state index contributed by atoms with van der Waals surface area (Å²) in [7, 11) is -0.579. The third-order valence-electron chi connectivity index (χ3n) is 4.36. The zero-order chi connectivity index (χ0) is 20.0. The third-order valence-corrected chi connectivity index (χ3v) is 6.17. The molecule has 0 aliphatic heterocycles. The summed E-state index contributed by atoms with van der Waals surface area (Å²) in [4.78, 5) is 12.5. The molecular formula is C20H28N3O3S+. The van der Waals surface area contributed by atoms with Gasteiger partial charge in [0.2, 0.25) is 10.0 Å². The van der Waals surface area contributed by atoms with Crippen LogP contribution in [0.3, 0.4) is 0 Å². The fraction of sp³-hybridized carbons (Fsp3) is 0.350. The molecule has 1 amide bonds. The van der Waals surface area contributed by atoms with E-state index in [1.165, 1.54) is 31.8 Å². The zero-order valence-electron chi connectivity index (χ0n) is 16.2. The summed E-state index contributed by atoms with van der Waals surface area (Å²) < 4.78 is 25.6. The number of anilines is 1. The molecule has 0 unspecified atom stereocenters. The fourth-order valence-corrected chi connectivity index (χ4v) is 3.81. The molecule has 0 aliphatic rings. The Labute approximate surface area is 161 Å². The average Bonchev–Trinajstić information content (AvgIpc) is 2.62. The highest BCUT2D eigenvalue weighted by molar-refractivity contribution is 7.89. The first-order chi connectivity index (χ1) is 12.7. The van der Waals surface area contributed by atoms with E-state index in [1.807, 2.05) is 23.5 Å². The molecule has 0 saturated heterocycles. The molecule has 0 fully saturated rings. The summed E-state index contributed by atoms with van der Waals surface area (Å²) in [5.41, 5.74) is 1.65. The number of benzene rings is 2. The summed E-state index contributed by atoms with van der Waals surface area (Å²) in [5, 5.41) is 4.80. The van der Waals surface area contributed by atoms with Crippen LogP contribution in [0.2, 0.25) is 0 Å². The van der Waals surface area contributed by atoms with Crippen molar-refractivity contribution in [2.75, 3.05) is 26.0 Å². The predicted octanol–water partition coefficient (Wildman–Crippen LogP) is 1.84. The van der Waals surface area contributed by atoms with Gasteiger partial charge in [-0.2, -0.15) is 0 Å². The summed E-state index contributed by atoms with van der Waals surface area (Å²) >= 11 is 0. The van der Waals surface area contributed by atoms with Crippen molar-refractivity contribution < 1.29 is 18.5 Å². The predicted molar refractivity (Wildman–Crippen MR) is 107 cm³/mol. The van der Waals surface area contributed by atoms with Crippen molar-refractivity contribution in [3.63, 3.8) is 0 Å². The van der Waals surface area contributed by atoms with Crippen LogP contribution in [0.1, 0.15) is 25.5 Å². The Morgan fingerprint density at radius 3 is 2.33 bits per heavy atom. The second kappa shape index (κ2) is 9.12. The SMILES string of the molecule is CC(C)[C@@H]([NH2+]CC(=O)Nc1cccc(S(=O)(=O)N(C)C)c1)c1ccccc1. The van der Waals surface area contributed by atoms with Gasteiger partial charge in [-0.3, -0.25) is 4.79 Å². The third kappa shape index (κ3) is 5.63. The number of nitrogens with zero attached hydrogens (tertiary/aromatic N) is 1. The van der Waals surface area contributed by atoms with Gasteiger partial charge in [-0.1, -0.05) is 50.2 Å². The van der Waals surface area contributed by atoms with E-state index in [0.717, 1.165) is 4.31 Å². The number of rotatable bonds is 8. The maximum Gasteiger partial charge on any atom is 0.279 e. The maximum absolute atomic E-state index is 12.4. The number of amides is 1. The van der Waals surface area contributed by atoms with Gasteiger partial charge in [0.25, 0.3) is 5.91 Å². The molecule has 3 N–H and O–H groups in total. The molecule has 0 heterocycles. The molecule has 0 radical (unpaired) electrons. The molecule has 146 valence electrons. The van der Waals surface area contributed by atoms with E-state index in [9.17, 15) is 13.2 Å². The minimum absolute atomic E-state index is 0.152. The lowest BCUT2D eigenvalue weighted by Crippen LogP contribution is -2.88. The van der Waals surface area contributed by atoms with Crippen LogP contribution in [-0.4, -0.2) is 39.3 Å². The van der Waals surface area contributed by atoms with E-state index in [1.54, 1.807) is 12.1 Å². The first kappa shape index (κ1) is 21.1. The van der Waals surface area contributed by atoms with Gasteiger partial charge in [0, 0.05) is 31.3 Å². The maximum atomic E-state index is 12.4. The lowest BCUT2D eigenvalue weighted by Gasteiger charge is -2.19. The van der Waals surface area contributed by atoms with E-state index >= 15 is 0 Å². The molecule has 0 spiro atoms. The standard InChI is InChI=1S/C20H27N3O3S/c1-15(2)20(16-9-6-5-7-10-16)21-14-19(24)22-17-11-8-12-18(13-17)27(25,26)23(3)4/h5-13,15,20-21H,14H2,1-4H3,(H,22,24)/p+1/t20-/m1/s1. The Balaban J connectivity index is 2.03. The van der Waals surface area contributed by atoms with Crippen LogP contribution >= 0.6 is 0 Å². The highest BCUT2D eigenvalue weighted by atomic mass is 32.2. The van der Waals surface area contributed by atoms with E-state index < -0.39 is 10.0 Å². The van der Waals surface area contributed by atoms with Gasteiger partial charge in [0.1, 0.15) is 6.04 Å². The van der Waals surface area contributed by atoms with E-state index in [0.29, 0.717) is 11.6 Å². The average molecular weight is 391 g/mol. The number of nitrogens with two attached hydrogens (primary N) is 1. The van der Waals surface area contributed by atoms with E-state index in [-0.39, 0.29) is 23.4 Å². The Hall–Kier alpha value is -2.22. The molecule has 0 saturated carbocycles. The van der Waals surface area contributed by atoms with Crippen LogP contribution < -0.4 is 10.6 Å². The Bertz CT molecular complexity index is 865. The molecular weight excluding hydrogens is 362 g/mol. The van der Waals surface area contributed by atoms with Crippen molar-refractivity contribution in [3.8, 4) is 0 Å². The molecule has 0 bridgehead atoms. The molecule has 0 aliphatic carbocycles. The first-order valence-corrected chi connectivity index (χ1v) is 10.4. The molecule has 2 aromatic carbocycles. The van der Waals surface area contributed by atoms with Crippen molar-refractivity contribution >= 4 is 21.6 Å². The van der Waals surface area contributed by atoms with Crippen molar-refractivity contribution in [1.82, 2.24) is 4.31 Å². The monoisotopic (exact) mass is 390 g/mol. The number of carbonyl (C=O) groups is 1. The normalized spacial score (nSPS) is 13.0. The zero-order valence-corrected chi connectivity index (χ0v) is 17.0. The minimum atomic E-state index is -3.53. The van der Waals surface area contributed by atoms with E-state index in [2.05, 4.69) is 31.3 Å². The van der Waals surface area contributed by atoms with Crippen molar-refractivity contribution in [3.05, 3.63) is 60.2 Å². The Kier molecular flexibility index (Phi) is 7.12. The van der Waals surface area contributed by atoms with Crippen molar-refractivity contribution in [2.24, 2.45) is 5.92 Å². The van der Waals surface area contributed by atoms with Gasteiger partial charge >= 0.3 is 0 Å². The molecule has 7 heteroatoms. The van der Waals surface area contributed by atoms with Gasteiger partial charge < -0.3 is 10.6 Å². The summed E-state index contributed by atoms with van der Waals surface area (Å²) in [5.74, 6) is 0.199. The number of carbonyl (C=O) groups excluding carboxylic acids is 1. The summed E-state index contributed by atoms with van der Waals surface area (Å²) in [6, 6.07) is 16.6. The van der Waals surface area contributed by atoms with Crippen LogP contribution in [0.5, 0.6) is 0 Å². The number of hydrogen-bond acceptors (Lipinski definition) is 3. The summed E-state index contributed by atoms with van der Waals surface area (Å²) in [6.45, 7) is 4.51. The topological polar surface area (TPSA) is 83.1 Å². The van der Waals surface area contributed by atoms with Crippen molar-refractivity contribution in [2.45, 2.75) is 24.8 Å². The highest BCUT2D eigenvalue weighted by Gasteiger charge is 2.21. The van der Waals surface area contributed by atoms with Gasteiger partial charge in [-0.15, -0.1) is 0 Å². The number of nitrogens with one attached hydrogen (secondary N) is 1. The van der Waals surface area contributed by atoms with Crippen LogP contribution in [-0.2, 0) is 14.8 Å². The quantitative estimate of drug-likeness (QED) is 0.721. The second-order valence-electron chi connectivity index (χ2n) is 6.98. The second-order valence-corrected chi connectivity index (χ2v) is 9.14.